The van der Waals surface area contributed by atoms with Crippen LogP contribution >= 0.6 is 22.9 Å². The number of likely N-dealkylation sites (tertiary alicyclic amines) is 1. The molecule has 1 aromatic heterocycles. The quantitative estimate of drug-likeness (QED) is 0.841. The number of hydrogen-bond acceptors (Lipinski definition) is 4. The van der Waals surface area contributed by atoms with Gasteiger partial charge in [-0.2, -0.15) is 0 Å². The maximum atomic E-state index is 6.25. The van der Waals surface area contributed by atoms with Gasteiger partial charge >= 0.3 is 0 Å². The molecule has 0 amide bonds. The highest BCUT2D eigenvalue weighted by atomic mass is 35.5. The molecule has 2 saturated heterocycles. The summed E-state index contributed by atoms with van der Waals surface area (Å²) in [6, 6.07) is 2.68. The van der Waals surface area contributed by atoms with E-state index >= 15 is 0 Å². The van der Waals surface area contributed by atoms with E-state index in [9.17, 15) is 0 Å². The Kier molecular flexibility index (Phi) is 5.23. The normalized spacial score (nSPS) is 31.9. The topological polar surface area (TPSA) is 15.7 Å². The van der Waals surface area contributed by atoms with Crippen molar-refractivity contribution in [3.05, 3.63) is 21.3 Å². The Hall–Kier alpha value is -0.130. The molecular weight excluding hydrogens is 304 g/mol. The molecular formula is C16H25ClN2OS. The lowest BCUT2D eigenvalue weighted by atomic mass is 10.1. The fraction of sp³-hybridized carbons (Fsp3) is 0.750. The molecule has 2 fully saturated rings. The van der Waals surface area contributed by atoms with Gasteiger partial charge in [-0.1, -0.05) is 11.6 Å². The van der Waals surface area contributed by atoms with Crippen LogP contribution in [0.4, 0.5) is 0 Å². The lowest BCUT2D eigenvalue weighted by Crippen LogP contribution is -2.49. The van der Waals surface area contributed by atoms with Crippen molar-refractivity contribution in [3.63, 3.8) is 0 Å². The minimum atomic E-state index is 0.357. The minimum Gasteiger partial charge on any atom is -0.373 e. The highest BCUT2D eigenvalue weighted by molar-refractivity contribution is 7.10. The van der Waals surface area contributed by atoms with E-state index in [2.05, 4.69) is 29.0 Å². The molecule has 0 bridgehead atoms. The second kappa shape index (κ2) is 6.97. The molecule has 3 heterocycles. The molecule has 2 aliphatic rings. The van der Waals surface area contributed by atoms with Gasteiger partial charge in [0.25, 0.3) is 0 Å². The van der Waals surface area contributed by atoms with Crippen LogP contribution in [0.2, 0.25) is 5.02 Å². The van der Waals surface area contributed by atoms with Gasteiger partial charge < -0.3 is 4.74 Å². The van der Waals surface area contributed by atoms with Crippen LogP contribution in [0.1, 0.15) is 31.6 Å². The van der Waals surface area contributed by atoms with Gasteiger partial charge in [0.05, 0.1) is 17.2 Å². The lowest BCUT2D eigenvalue weighted by molar-refractivity contribution is -0.0724. The van der Waals surface area contributed by atoms with Crippen LogP contribution in [-0.4, -0.2) is 54.2 Å². The molecule has 1 aromatic rings. The average molecular weight is 329 g/mol. The zero-order chi connectivity index (χ0) is 14.8. The summed E-state index contributed by atoms with van der Waals surface area (Å²) in [5.74, 6) is 0. The van der Waals surface area contributed by atoms with E-state index in [0.717, 1.165) is 24.7 Å². The zero-order valence-electron chi connectivity index (χ0n) is 12.9. The number of morpholine rings is 1. The second-order valence-electron chi connectivity index (χ2n) is 6.43. The Bertz CT molecular complexity index is 457. The summed E-state index contributed by atoms with van der Waals surface area (Å²) in [5.41, 5.74) is 0. The molecule has 0 unspecified atom stereocenters. The van der Waals surface area contributed by atoms with Crippen LogP contribution < -0.4 is 0 Å². The summed E-state index contributed by atoms with van der Waals surface area (Å²) in [6.07, 6.45) is 3.33. The Labute approximate surface area is 136 Å². The zero-order valence-corrected chi connectivity index (χ0v) is 14.5. The molecule has 0 saturated carbocycles. The third-order valence-electron chi connectivity index (χ3n) is 4.50. The molecule has 0 spiro atoms. The van der Waals surface area contributed by atoms with Crippen molar-refractivity contribution in [2.75, 3.05) is 26.2 Å². The lowest BCUT2D eigenvalue weighted by Gasteiger charge is -2.38. The third-order valence-corrected chi connectivity index (χ3v) is 5.87. The smallest absolute Gasteiger partial charge is 0.0678 e. The monoisotopic (exact) mass is 328 g/mol. The fourth-order valence-corrected chi connectivity index (χ4v) is 4.78. The molecule has 0 radical (unpaired) electrons. The van der Waals surface area contributed by atoms with Crippen molar-refractivity contribution < 1.29 is 4.74 Å². The summed E-state index contributed by atoms with van der Waals surface area (Å²) in [4.78, 5) is 6.51. The molecule has 0 aromatic carbocycles. The fourth-order valence-electron chi connectivity index (χ4n) is 3.66. The SMILES string of the molecule is C[C@@H]1CN(C[C@H]2CCCN2Cc2sccc2Cl)C[C@@H](C)O1. The number of ether oxygens (including phenoxy) is 1. The molecule has 3 rings (SSSR count). The molecule has 21 heavy (non-hydrogen) atoms. The van der Waals surface area contributed by atoms with E-state index in [1.165, 1.54) is 30.8 Å². The van der Waals surface area contributed by atoms with Gasteiger partial charge in [-0.05, 0) is 44.7 Å². The first-order valence-electron chi connectivity index (χ1n) is 7.95. The third kappa shape index (κ3) is 3.99. The van der Waals surface area contributed by atoms with Gasteiger partial charge in [0.1, 0.15) is 0 Å². The van der Waals surface area contributed by atoms with Gasteiger partial charge in [0.15, 0.2) is 0 Å². The predicted molar refractivity (Wildman–Crippen MR) is 89.2 cm³/mol. The number of halogens is 1. The Morgan fingerprint density at radius 3 is 2.76 bits per heavy atom. The van der Waals surface area contributed by atoms with Gasteiger partial charge in [-0.3, -0.25) is 9.80 Å². The molecule has 3 nitrogen and oxygen atoms in total. The van der Waals surface area contributed by atoms with Gasteiger partial charge in [0, 0.05) is 37.1 Å². The predicted octanol–water partition coefficient (Wildman–Crippen LogP) is 3.48. The van der Waals surface area contributed by atoms with Crippen LogP contribution in [0.15, 0.2) is 11.4 Å². The maximum Gasteiger partial charge on any atom is 0.0678 e. The summed E-state index contributed by atoms with van der Waals surface area (Å²) in [5, 5.41) is 3.02. The number of thiophene rings is 1. The summed E-state index contributed by atoms with van der Waals surface area (Å²) >= 11 is 8.03. The molecule has 0 N–H and O–H groups in total. The molecule has 2 aliphatic heterocycles. The van der Waals surface area contributed by atoms with E-state index < -0.39 is 0 Å². The summed E-state index contributed by atoms with van der Waals surface area (Å²) in [6.45, 7) is 9.87. The highest BCUT2D eigenvalue weighted by Gasteiger charge is 2.30. The number of nitrogens with zero attached hydrogens (tertiary/aromatic N) is 2. The van der Waals surface area contributed by atoms with E-state index in [-0.39, 0.29) is 0 Å². The van der Waals surface area contributed by atoms with Crippen molar-refractivity contribution in [1.82, 2.24) is 9.80 Å². The Morgan fingerprint density at radius 1 is 1.33 bits per heavy atom. The van der Waals surface area contributed by atoms with Crippen molar-refractivity contribution in [2.45, 2.75) is 51.5 Å². The van der Waals surface area contributed by atoms with Gasteiger partial charge in [-0.15, -0.1) is 11.3 Å². The summed E-state index contributed by atoms with van der Waals surface area (Å²) < 4.78 is 5.84. The molecule has 118 valence electrons. The largest absolute Gasteiger partial charge is 0.373 e. The van der Waals surface area contributed by atoms with Crippen molar-refractivity contribution in [3.8, 4) is 0 Å². The van der Waals surface area contributed by atoms with Crippen LogP contribution in [0, 0.1) is 0 Å². The van der Waals surface area contributed by atoms with E-state index in [0.29, 0.717) is 18.2 Å². The minimum absolute atomic E-state index is 0.357. The number of hydrogen-bond donors (Lipinski definition) is 0. The molecule has 3 atom stereocenters. The summed E-state index contributed by atoms with van der Waals surface area (Å²) in [7, 11) is 0. The Morgan fingerprint density at radius 2 is 2.10 bits per heavy atom. The van der Waals surface area contributed by atoms with Crippen LogP contribution in [-0.2, 0) is 11.3 Å². The maximum absolute atomic E-state index is 6.25. The second-order valence-corrected chi connectivity index (χ2v) is 7.84. The molecule has 5 heteroatoms. The van der Waals surface area contributed by atoms with Gasteiger partial charge in [0.2, 0.25) is 0 Å². The van der Waals surface area contributed by atoms with Crippen molar-refractivity contribution in [1.29, 1.82) is 0 Å². The van der Waals surface area contributed by atoms with E-state index in [4.69, 9.17) is 16.3 Å². The first kappa shape index (κ1) is 15.8. The number of rotatable bonds is 4. The van der Waals surface area contributed by atoms with E-state index in [1.54, 1.807) is 11.3 Å². The Balaban J connectivity index is 1.58. The van der Waals surface area contributed by atoms with Crippen LogP contribution in [0.25, 0.3) is 0 Å². The van der Waals surface area contributed by atoms with Gasteiger partial charge in [-0.25, -0.2) is 0 Å². The van der Waals surface area contributed by atoms with Crippen LogP contribution in [0.3, 0.4) is 0 Å². The first-order chi connectivity index (χ1) is 10.1. The van der Waals surface area contributed by atoms with Crippen LogP contribution in [0.5, 0.6) is 0 Å². The average Bonchev–Trinajstić information content (AvgIpc) is 3.00. The van der Waals surface area contributed by atoms with E-state index in [1.807, 2.05) is 6.07 Å². The standard InChI is InChI=1S/C16H25ClN2OS/c1-12-8-18(9-13(2)20-12)10-14-4-3-6-19(14)11-16-15(17)5-7-21-16/h5,7,12-14H,3-4,6,8-11H2,1-2H3/t12-,13-,14-/m1/s1. The van der Waals surface area contributed by atoms with Crippen molar-refractivity contribution >= 4 is 22.9 Å². The molecule has 0 aliphatic carbocycles. The highest BCUT2D eigenvalue weighted by Crippen LogP contribution is 2.28. The first-order valence-corrected chi connectivity index (χ1v) is 9.21. The van der Waals surface area contributed by atoms with Crippen molar-refractivity contribution in [2.24, 2.45) is 0 Å².